The highest BCUT2D eigenvalue weighted by Crippen LogP contribution is 2.43. The van der Waals surface area contributed by atoms with Crippen LogP contribution in [0.15, 0.2) is 24.3 Å². The van der Waals surface area contributed by atoms with Crippen molar-refractivity contribution in [3.8, 4) is 0 Å². The Bertz CT molecular complexity index is 941. The number of carbonyl (C=O) groups excluding carboxylic acids is 2. The Morgan fingerprint density at radius 3 is 2.68 bits per heavy atom. The fraction of sp³-hybridized carbons (Fsp3) is 0.455. The van der Waals surface area contributed by atoms with Crippen molar-refractivity contribution in [2.45, 2.75) is 44.1 Å². The summed E-state index contributed by atoms with van der Waals surface area (Å²) in [6.45, 7) is 1.99. The summed E-state index contributed by atoms with van der Waals surface area (Å²) in [4.78, 5) is 32.0. The number of ether oxygens (including phenoxy) is 1. The Hall–Kier alpha value is -3.20. The van der Waals surface area contributed by atoms with Gasteiger partial charge in [-0.2, -0.15) is 0 Å². The summed E-state index contributed by atoms with van der Waals surface area (Å²) in [6, 6.07) is 8.01. The molecule has 0 atom stereocenters. The summed E-state index contributed by atoms with van der Waals surface area (Å²) in [5.41, 5.74) is 8.43. The van der Waals surface area contributed by atoms with E-state index in [-0.39, 0.29) is 11.7 Å². The molecular weight excluding hydrogens is 396 g/mol. The van der Waals surface area contributed by atoms with Crippen LogP contribution in [-0.2, 0) is 16.0 Å². The van der Waals surface area contributed by atoms with Crippen molar-refractivity contribution in [3.63, 3.8) is 0 Å². The number of anilines is 3. The second-order valence-electron chi connectivity index (χ2n) is 7.97. The molecule has 5 N–H and O–H groups in total. The Balaban J connectivity index is 1.61. The number of aromatic nitrogens is 2. The zero-order chi connectivity index (χ0) is 21.6. The molecular formula is C22H28N6O3. The maximum Gasteiger partial charge on any atom is 0.271 e. The van der Waals surface area contributed by atoms with Gasteiger partial charge in [0, 0.05) is 37.4 Å². The van der Waals surface area contributed by atoms with Crippen molar-refractivity contribution in [1.82, 2.24) is 15.3 Å². The molecule has 2 aromatic rings. The van der Waals surface area contributed by atoms with Crippen LogP contribution in [0.1, 0.15) is 53.3 Å². The third kappa shape index (κ3) is 5.49. The maximum atomic E-state index is 12.2. The topological polar surface area (TPSA) is 131 Å². The summed E-state index contributed by atoms with van der Waals surface area (Å²) in [7, 11) is 0. The molecule has 1 saturated carbocycles. The molecule has 2 amide bonds. The second-order valence-corrected chi connectivity index (χ2v) is 7.97. The first-order chi connectivity index (χ1) is 15.1. The van der Waals surface area contributed by atoms with E-state index in [4.69, 9.17) is 15.5 Å². The number of nitrogens with one attached hydrogen (secondary N) is 3. The van der Waals surface area contributed by atoms with Crippen molar-refractivity contribution >= 4 is 29.6 Å². The SMILES string of the molecule is NC(=O)c1nc(C2CC2)c(NC2CCOCC2)nc1Nc1cccc(CCNC=O)c1. The molecule has 9 heteroatoms. The van der Waals surface area contributed by atoms with Crippen LogP contribution in [0.2, 0.25) is 0 Å². The number of carbonyl (C=O) groups is 2. The van der Waals surface area contributed by atoms with Crippen LogP contribution in [0.5, 0.6) is 0 Å². The number of amides is 2. The van der Waals surface area contributed by atoms with Crippen LogP contribution in [0.4, 0.5) is 17.3 Å². The lowest BCUT2D eigenvalue weighted by molar-refractivity contribution is -0.109. The van der Waals surface area contributed by atoms with Gasteiger partial charge in [-0.1, -0.05) is 12.1 Å². The van der Waals surface area contributed by atoms with Crippen LogP contribution >= 0.6 is 0 Å². The monoisotopic (exact) mass is 424 g/mol. The molecule has 2 heterocycles. The smallest absolute Gasteiger partial charge is 0.271 e. The van der Waals surface area contributed by atoms with E-state index >= 15 is 0 Å². The highest BCUT2D eigenvalue weighted by molar-refractivity contribution is 5.96. The third-order valence-corrected chi connectivity index (χ3v) is 5.51. The number of nitrogens with two attached hydrogens (primary N) is 1. The van der Waals surface area contributed by atoms with Gasteiger partial charge in [0.15, 0.2) is 17.3 Å². The minimum Gasteiger partial charge on any atom is -0.381 e. The molecule has 9 nitrogen and oxygen atoms in total. The van der Waals surface area contributed by atoms with Gasteiger partial charge in [-0.25, -0.2) is 9.97 Å². The molecule has 31 heavy (non-hydrogen) atoms. The zero-order valence-electron chi connectivity index (χ0n) is 17.4. The van der Waals surface area contributed by atoms with E-state index in [9.17, 15) is 9.59 Å². The van der Waals surface area contributed by atoms with E-state index < -0.39 is 5.91 Å². The average molecular weight is 425 g/mol. The Morgan fingerprint density at radius 1 is 1.16 bits per heavy atom. The van der Waals surface area contributed by atoms with E-state index in [1.54, 1.807) is 0 Å². The molecule has 1 aliphatic heterocycles. The Kier molecular flexibility index (Phi) is 6.61. The van der Waals surface area contributed by atoms with Crippen molar-refractivity contribution in [2.24, 2.45) is 5.73 Å². The van der Waals surface area contributed by atoms with Crippen molar-refractivity contribution < 1.29 is 14.3 Å². The van der Waals surface area contributed by atoms with Crippen molar-refractivity contribution in [1.29, 1.82) is 0 Å². The van der Waals surface area contributed by atoms with E-state index in [0.717, 1.165) is 55.8 Å². The first-order valence-corrected chi connectivity index (χ1v) is 10.7. The van der Waals surface area contributed by atoms with Gasteiger partial charge < -0.3 is 26.4 Å². The number of hydrogen-bond donors (Lipinski definition) is 4. The summed E-state index contributed by atoms with van der Waals surface area (Å²) in [6.07, 6.45) is 5.27. The number of benzene rings is 1. The molecule has 2 fully saturated rings. The standard InChI is InChI=1S/C22H28N6O3/c23-20(30)19-22(26-17-3-1-2-14(12-17)6-9-24-13-29)28-21(18(27-19)15-4-5-15)25-16-7-10-31-11-8-16/h1-3,12-13,15-16H,4-11H2,(H2,23,30)(H,24,29)(H2,25,26,28). The maximum absolute atomic E-state index is 12.2. The van der Waals surface area contributed by atoms with Crippen LogP contribution < -0.4 is 21.7 Å². The Labute approximate surface area is 181 Å². The fourth-order valence-corrected chi connectivity index (χ4v) is 3.71. The first kappa shape index (κ1) is 21.0. The minimum absolute atomic E-state index is 0.146. The molecule has 0 bridgehead atoms. The zero-order valence-corrected chi connectivity index (χ0v) is 17.4. The quantitative estimate of drug-likeness (QED) is 0.339. The predicted molar refractivity (Wildman–Crippen MR) is 117 cm³/mol. The normalized spacial score (nSPS) is 16.5. The molecule has 0 radical (unpaired) electrons. The molecule has 164 valence electrons. The van der Waals surface area contributed by atoms with Crippen LogP contribution in [-0.4, -0.2) is 48.1 Å². The van der Waals surface area contributed by atoms with Gasteiger partial charge in [-0.3, -0.25) is 9.59 Å². The summed E-state index contributed by atoms with van der Waals surface area (Å²) >= 11 is 0. The highest BCUT2D eigenvalue weighted by Gasteiger charge is 2.32. The predicted octanol–water partition coefficient (Wildman–Crippen LogP) is 2.08. The van der Waals surface area contributed by atoms with Gasteiger partial charge in [0.05, 0.1) is 5.69 Å². The molecule has 1 saturated heterocycles. The van der Waals surface area contributed by atoms with Crippen molar-refractivity contribution in [3.05, 3.63) is 41.2 Å². The van der Waals surface area contributed by atoms with Gasteiger partial charge in [0.2, 0.25) is 6.41 Å². The number of hydrogen-bond acceptors (Lipinski definition) is 7. The third-order valence-electron chi connectivity index (χ3n) is 5.51. The van der Waals surface area contributed by atoms with Crippen LogP contribution in [0.3, 0.4) is 0 Å². The van der Waals surface area contributed by atoms with E-state index in [0.29, 0.717) is 36.9 Å². The van der Waals surface area contributed by atoms with Gasteiger partial charge in [0.25, 0.3) is 5.91 Å². The fourth-order valence-electron chi connectivity index (χ4n) is 3.71. The summed E-state index contributed by atoms with van der Waals surface area (Å²) in [5.74, 6) is 0.763. The molecule has 0 unspecified atom stereocenters. The number of rotatable bonds is 10. The summed E-state index contributed by atoms with van der Waals surface area (Å²) in [5, 5.41) is 9.40. The minimum atomic E-state index is -0.610. The lowest BCUT2D eigenvalue weighted by atomic mass is 10.1. The highest BCUT2D eigenvalue weighted by atomic mass is 16.5. The molecule has 4 rings (SSSR count). The molecule has 1 aromatic carbocycles. The van der Waals surface area contributed by atoms with E-state index in [1.807, 2.05) is 24.3 Å². The Morgan fingerprint density at radius 2 is 1.97 bits per heavy atom. The molecule has 1 aromatic heterocycles. The number of nitrogens with zero attached hydrogens (tertiary/aromatic N) is 2. The van der Waals surface area contributed by atoms with Crippen molar-refractivity contribution in [2.75, 3.05) is 30.4 Å². The molecule has 2 aliphatic rings. The van der Waals surface area contributed by atoms with Gasteiger partial charge in [0.1, 0.15) is 0 Å². The van der Waals surface area contributed by atoms with E-state index in [2.05, 4.69) is 20.9 Å². The largest absolute Gasteiger partial charge is 0.381 e. The number of primary amides is 1. The molecule has 0 spiro atoms. The van der Waals surface area contributed by atoms with Gasteiger partial charge in [-0.05, 0) is 49.8 Å². The van der Waals surface area contributed by atoms with E-state index in [1.165, 1.54) is 0 Å². The first-order valence-electron chi connectivity index (χ1n) is 10.7. The van der Waals surface area contributed by atoms with Gasteiger partial charge >= 0.3 is 0 Å². The summed E-state index contributed by atoms with van der Waals surface area (Å²) < 4.78 is 5.45. The van der Waals surface area contributed by atoms with Crippen LogP contribution in [0.25, 0.3) is 0 Å². The lowest BCUT2D eigenvalue weighted by Crippen LogP contribution is -2.29. The average Bonchev–Trinajstić information content (AvgIpc) is 3.60. The molecule has 1 aliphatic carbocycles. The second kappa shape index (κ2) is 9.74. The van der Waals surface area contributed by atoms with Crippen LogP contribution in [0, 0.1) is 0 Å². The van der Waals surface area contributed by atoms with Gasteiger partial charge in [-0.15, -0.1) is 0 Å². The lowest BCUT2D eigenvalue weighted by Gasteiger charge is -2.25.